The Morgan fingerprint density at radius 1 is 0.710 bits per heavy atom. The van der Waals surface area contributed by atoms with Gasteiger partial charge in [0.1, 0.15) is 7.05 Å². The molecule has 0 bridgehead atoms. The van der Waals surface area contributed by atoms with Crippen molar-refractivity contribution >= 4 is 0 Å². The minimum absolute atomic E-state index is 0.955. The number of nitrogens with zero attached hydrogens (tertiary/aromatic N) is 2. The summed E-state index contributed by atoms with van der Waals surface area (Å²) in [6.45, 7) is 8.83. The molecule has 6 rings (SSSR count). The van der Waals surface area contributed by atoms with Crippen LogP contribution in [-0.4, -0.2) is 4.98 Å². The second kappa shape index (κ2) is 6.37. The number of rotatable bonds is 1. The molecule has 152 valence electrons. The minimum Gasteiger partial charge on any atom is -0.247 e. The topological polar surface area (TPSA) is 16.8 Å². The van der Waals surface area contributed by atoms with Gasteiger partial charge in [-0.1, -0.05) is 41.5 Å². The number of aryl methyl sites for hydroxylation is 4. The molecule has 0 spiro atoms. The van der Waals surface area contributed by atoms with E-state index in [2.05, 4.69) is 88.0 Å². The fraction of sp³-hybridized carbons (Fsp3) is 0.241. The Hall–Kier alpha value is -3.26. The predicted molar refractivity (Wildman–Crippen MR) is 126 cm³/mol. The molecule has 0 atom stereocenters. The normalized spacial score (nSPS) is 13.1. The molecule has 4 aromatic rings. The van der Waals surface area contributed by atoms with Gasteiger partial charge in [-0.3, -0.25) is 0 Å². The lowest BCUT2D eigenvalue weighted by Crippen LogP contribution is -2.32. The van der Waals surface area contributed by atoms with Crippen molar-refractivity contribution in [2.45, 2.75) is 40.5 Å². The highest BCUT2D eigenvalue weighted by Gasteiger charge is 2.32. The van der Waals surface area contributed by atoms with E-state index in [1.807, 2.05) is 0 Å². The van der Waals surface area contributed by atoms with Gasteiger partial charge in [-0.05, 0) is 61.6 Å². The van der Waals surface area contributed by atoms with Gasteiger partial charge >= 0.3 is 0 Å². The van der Waals surface area contributed by atoms with Gasteiger partial charge in [0.25, 0.3) is 0 Å². The van der Waals surface area contributed by atoms with Crippen LogP contribution in [0.15, 0.2) is 48.7 Å². The van der Waals surface area contributed by atoms with Gasteiger partial charge in [0.05, 0.1) is 11.4 Å². The summed E-state index contributed by atoms with van der Waals surface area (Å²) in [5, 5.41) is 0. The van der Waals surface area contributed by atoms with E-state index in [1.165, 1.54) is 78.3 Å². The van der Waals surface area contributed by atoms with Crippen LogP contribution in [0.25, 0.3) is 33.8 Å². The van der Waals surface area contributed by atoms with Crippen molar-refractivity contribution in [1.29, 1.82) is 0 Å². The predicted octanol–water partition coefficient (Wildman–Crippen LogP) is 5.95. The van der Waals surface area contributed by atoms with Crippen molar-refractivity contribution in [3.63, 3.8) is 0 Å². The summed E-state index contributed by atoms with van der Waals surface area (Å²) in [6.07, 6.45) is 4.16. The maximum atomic E-state index is 5.26. The highest BCUT2D eigenvalue weighted by Crippen LogP contribution is 2.44. The Kier molecular flexibility index (Phi) is 3.80. The lowest BCUT2D eigenvalue weighted by atomic mass is 9.93. The van der Waals surface area contributed by atoms with E-state index >= 15 is 0 Å². The van der Waals surface area contributed by atoms with Crippen LogP contribution in [0.2, 0.25) is 0 Å². The Morgan fingerprint density at radius 3 is 2.32 bits per heavy atom. The summed E-state index contributed by atoms with van der Waals surface area (Å²) in [6, 6.07) is 16.1. The minimum atomic E-state index is 0.955. The molecule has 2 aliphatic carbocycles. The summed E-state index contributed by atoms with van der Waals surface area (Å²) in [4.78, 5) is 5.26. The maximum absolute atomic E-state index is 5.26. The lowest BCUT2D eigenvalue weighted by molar-refractivity contribution is -0.660. The number of fused-ring (bicyclic) bond motifs is 6. The number of benzene rings is 2. The van der Waals surface area contributed by atoms with Crippen LogP contribution in [0.4, 0.5) is 0 Å². The van der Waals surface area contributed by atoms with Gasteiger partial charge in [0, 0.05) is 41.2 Å². The largest absolute Gasteiger partial charge is 0.247 e. The zero-order valence-corrected chi connectivity index (χ0v) is 18.9. The van der Waals surface area contributed by atoms with Crippen LogP contribution in [0.5, 0.6) is 0 Å². The van der Waals surface area contributed by atoms with Crippen molar-refractivity contribution in [2.75, 3.05) is 0 Å². The van der Waals surface area contributed by atoms with E-state index in [9.17, 15) is 0 Å². The second-order valence-corrected chi connectivity index (χ2v) is 9.44. The molecule has 0 saturated carbocycles. The molecule has 2 heterocycles. The smallest absolute Gasteiger partial charge is 0.216 e. The van der Waals surface area contributed by atoms with Gasteiger partial charge in [-0.15, -0.1) is 0 Å². The summed E-state index contributed by atoms with van der Waals surface area (Å²) < 4.78 is 2.29. The molecule has 0 fully saturated rings. The molecule has 2 aromatic heterocycles. The Balaban J connectivity index is 1.56. The first kappa shape index (κ1) is 18.5. The second-order valence-electron chi connectivity index (χ2n) is 9.44. The first-order valence-electron chi connectivity index (χ1n) is 11.1. The molecule has 31 heavy (non-hydrogen) atoms. The maximum Gasteiger partial charge on any atom is 0.216 e. The van der Waals surface area contributed by atoms with E-state index in [0.717, 1.165) is 12.8 Å². The molecule has 0 amide bonds. The average Bonchev–Trinajstić information content (AvgIpc) is 3.25. The van der Waals surface area contributed by atoms with Gasteiger partial charge in [0.15, 0.2) is 6.20 Å². The summed E-state index contributed by atoms with van der Waals surface area (Å²) in [7, 11) is 2.17. The monoisotopic (exact) mass is 403 g/mol. The third-order valence-electron chi connectivity index (χ3n) is 7.19. The standard InChI is InChI=1S/C29H27N2/c1-16-6-7-23-20(11-16)13-21-14-22-15-26-24(28(22)30-27(21)23)8-9-31(5)29(26)25-12-17(2)10-18(3)19(25)4/h6-12,14H,13,15H2,1-5H3/q+1. The number of aromatic nitrogens is 2. The fourth-order valence-corrected chi connectivity index (χ4v) is 5.57. The van der Waals surface area contributed by atoms with Crippen molar-refractivity contribution in [1.82, 2.24) is 4.98 Å². The molecule has 0 radical (unpaired) electrons. The molecule has 2 nitrogen and oxygen atoms in total. The molecule has 2 heteroatoms. The Morgan fingerprint density at radius 2 is 1.48 bits per heavy atom. The zero-order chi connectivity index (χ0) is 21.4. The Labute approximate surface area is 184 Å². The quantitative estimate of drug-likeness (QED) is 0.310. The third-order valence-corrected chi connectivity index (χ3v) is 7.19. The van der Waals surface area contributed by atoms with E-state index in [1.54, 1.807) is 0 Å². The summed E-state index contributed by atoms with van der Waals surface area (Å²) >= 11 is 0. The van der Waals surface area contributed by atoms with Crippen LogP contribution >= 0.6 is 0 Å². The number of hydrogen-bond donors (Lipinski definition) is 0. The van der Waals surface area contributed by atoms with Gasteiger partial charge < -0.3 is 0 Å². The number of pyridine rings is 2. The summed E-state index contributed by atoms with van der Waals surface area (Å²) in [5.74, 6) is 0. The highest BCUT2D eigenvalue weighted by atomic mass is 14.9. The first-order valence-corrected chi connectivity index (χ1v) is 11.1. The van der Waals surface area contributed by atoms with Gasteiger partial charge in [-0.25, -0.2) is 9.55 Å². The molecule has 2 aliphatic rings. The molecule has 0 saturated heterocycles. The van der Waals surface area contributed by atoms with Gasteiger partial charge in [0.2, 0.25) is 5.69 Å². The van der Waals surface area contributed by atoms with Crippen LogP contribution in [0.1, 0.15) is 44.5 Å². The lowest BCUT2D eigenvalue weighted by Gasteiger charge is -2.12. The first-order chi connectivity index (χ1) is 14.9. The summed E-state index contributed by atoms with van der Waals surface area (Å²) in [5.41, 5.74) is 18.6. The molecule has 2 aromatic carbocycles. The SMILES string of the molecule is Cc1ccc2c(c1)Cc1cc3c(nc1-2)-c1cc[n+](C)c(-c2cc(C)cc(C)c2C)c1C3. The van der Waals surface area contributed by atoms with Crippen LogP contribution < -0.4 is 4.57 Å². The fourth-order valence-electron chi connectivity index (χ4n) is 5.57. The molecular weight excluding hydrogens is 376 g/mol. The van der Waals surface area contributed by atoms with E-state index < -0.39 is 0 Å². The van der Waals surface area contributed by atoms with Crippen LogP contribution in [0, 0.1) is 27.7 Å². The van der Waals surface area contributed by atoms with Crippen LogP contribution in [-0.2, 0) is 19.9 Å². The Bertz CT molecular complexity index is 1430. The molecule has 0 aliphatic heterocycles. The molecular formula is C29H27N2+. The van der Waals surface area contributed by atoms with Crippen molar-refractivity contribution in [3.05, 3.63) is 93.2 Å². The van der Waals surface area contributed by atoms with E-state index in [-0.39, 0.29) is 0 Å². The van der Waals surface area contributed by atoms with E-state index in [4.69, 9.17) is 4.98 Å². The molecule has 0 unspecified atom stereocenters. The van der Waals surface area contributed by atoms with Gasteiger partial charge in [-0.2, -0.15) is 0 Å². The van der Waals surface area contributed by atoms with Crippen molar-refractivity contribution in [2.24, 2.45) is 7.05 Å². The average molecular weight is 404 g/mol. The van der Waals surface area contributed by atoms with Crippen molar-refractivity contribution in [3.8, 4) is 33.8 Å². The van der Waals surface area contributed by atoms with Crippen molar-refractivity contribution < 1.29 is 4.57 Å². The van der Waals surface area contributed by atoms with Crippen LogP contribution in [0.3, 0.4) is 0 Å². The van der Waals surface area contributed by atoms with E-state index in [0.29, 0.717) is 0 Å². The third kappa shape index (κ3) is 2.64. The highest BCUT2D eigenvalue weighted by molar-refractivity contribution is 5.84. The number of hydrogen-bond acceptors (Lipinski definition) is 1. The zero-order valence-electron chi connectivity index (χ0n) is 18.9. The molecule has 0 N–H and O–H groups in total.